The Labute approximate surface area is 210 Å². The van der Waals surface area contributed by atoms with Gasteiger partial charge in [-0.3, -0.25) is 4.40 Å². The van der Waals surface area contributed by atoms with Crippen LogP contribution in [-0.2, 0) is 19.5 Å². The summed E-state index contributed by atoms with van der Waals surface area (Å²) in [5.74, 6) is 0. The first-order valence-electron chi connectivity index (χ1n) is 11.4. The summed E-state index contributed by atoms with van der Waals surface area (Å²) in [4.78, 5) is 6.45. The fourth-order valence-corrected chi connectivity index (χ4v) is 6.44. The molecule has 15 heteroatoms. The van der Waals surface area contributed by atoms with Gasteiger partial charge in [0.15, 0.2) is 15.7 Å². The maximum atomic E-state index is 13.4. The number of imidazole rings is 1. The molecule has 196 valence electrons. The number of sulfonamides is 1. The van der Waals surface area contributed by atoms with Gasteiger partial charge in [0.05, 0.1) is 56.0 Å². The summed E-state index contributed by atoms with van der Waals surface area (Å²) < 4.78 is 68.4. The van der Waals surface area contributed by atoms with Crippen molar-refractivity contribution in [2.75, 3.05) is 37.9 Å². The number of halogens is 2. The number of rotatable bonds is 8. The maximum absolute atomic E-state index is 13.4. The van der Waals surface area contributed by atoms with Crippen LogP contribution in [-0.4, -0.2) is 83.8 Å². The molecule has 2 aliphatic heterocycles. The summed E-state index contributed by atoms with van der Waals surface area (Å²) in [7, 11) is -4.00. The molecule has 2 atom stereocenters. The fraction of sp³-hybridized carbons (Fsp3) is 0.571. The van der Waals surface area contributed by atoms with Gasteiger partial charge >= 0.3 is 0 Å². The van der Waals surface area contributed by atoms with Gasteiger partial charge in [-0.15, -0.1) is 10.2 Å². The number of hydrogen-bond acceptors (Lipinski definition) is 10. The molecular weight excluding hydrogens is 518 g/mol. The van der Waals surface area contributed by atoms with Gasteiger partial charge in [-0.2, -0.15) is 0 Å². The summed E-state index contributed by atoms with van der Waals surface area (Å²) in [5.41, 5.74) is 0.550. The molecule has 3 aromatic heterocycles. The first-order valence-corrected chi connectivity index (χ1v) is 13.7. The lowest BCUT2D eigenvalue weighted by Gasteiger charge is -2.41. The van der Waals surface area contributed by atoms with Gasteiger partial charge in [0.25, 0.3) is 6.43 Å². The molecule has 0 saturated carbocycles. The van der Waals surface area contributed by atoms with E-state index in [1.807, 2.05) is 11.8 Å². The van der Waals surface area contributed by atoms with E-state index < -0.39 is 33.1 Å². The van der Waals surface area contributed by atoms with E-state index in [2.05, 4.69) is 19.9 Å². The van der Waals surface area contributed by atoms with Crippen molar-refractivity contribution in [1.29, 1.82) is 0 Å². The molecule has 36 heavy (non-hydrogen) atoms. The minimum absolute atomic E-state index is 0.0298. The van der Waals surface area contributed by atoms with E-state index in [1.165, 1.54) is 16.8 Å². The van der Waals surface area contributed by atoms with E-state index in [0.717, 1.165) is 11.3 Å². The highest BCUT2D eigenvalue weighted by atomic mass is 32.2. The van der Waals surface area contributed by atoms with E-state index in [0.29, 0.717) is 36.6 Å². The average molecular weight is 545 g/mol. The lowest BCUT2D eigenvalue weighted by atomic mass is 10.0. The zero-order chi connectivity index (χ0) is 25.7. The number of aromatic nitrogens is 4. The lowest BCUT2D eigenvalue weighted by molar-refractivity contribution is -0.0523. The quantitative estimate of drug-likeness (QED) is 0.436. The van der Waals surface area contributed by atoms with Crippen molar-refractivity contribution in [2.45, 2.75) is 49.3 Å². The molecule has 0 spiro atoms. The Bertz CT molecular complexity index is 1360. The number of nitrogens with zero attached hydrogens (tertiary/aromatic N) is 5. The second-order valence-electron chi connectivity index (χ2n) is 9.16. The number of pyridine rings is 1. The monoisotopic (exact) mass is 544 g/mol. The molecule has 5 rings (SSSR count). The molecule has 0 aliphatic carbocycles. The Hall–Kier alpha value is -2.30. The third-order valence-corrected chi connectivity index (χ3v) is 8.85. The number of anilines is 1. The number of ether oxygens (including phenoxy) is 2. The molecule has 5 heterocycles. The molecule has 0 aromatic carbocycles. The average Bonchev–Trinajstić information content (AvgIpc) is 3.49. The van der Waals surface area contributed by atoms with E-state index in [4.69, 9.17) is 9.47 Å². The van der Waals surface area contributed by atoms with Gasteiger partial charge in [-0.1, -0.05) is 18.3 Å². The van der Waals surface area contributed by atoms with Crippen LogP contribution < -0.4 is 9.62 Å². The topological polar surface area (TPSA) is 131 Å². The van der Waals surface area contributed by atoms with Crippen LogP contribution in [0.4, 0.5) is 14.5 Å². The van der Waals surface area contributed by atoms with Crippen molar-refractivity contribution in [3.8, 4) is 10.7 Å². The van der Waals surface area contributed by atoms with Crippen LogP contribution in [0.2, 0.25) is 0 Å². The van der Waals surface area contributed by atoms with Crippen LogP contribution in [0.15, 0.2) is 23.4 Å². The molecule has 2 saturated heterocycles. The van der Waals surface area contributed by atoms with Gasteiger partial charge in [-0.05, 0) is 19.4 Å². The van der Waals surface area contributed by atoms with Crippen LogP contribution in [0.3, 0.4) is 0 Å². The van der Waals surface area contributed by atoms with Crippen molar-refractivity contribution in [1.82, 2.24) is 24.3 Å². The van der Waals surface area contributed by atoms with Crippen LogP contribution in [0.25, 0.3) is 16.3 Å². The van der Waals surface area contributed by atoms with E-state index in [1.54, 1.807) is 13.0 Å². The molecule has 11 nitrogen and oxygen atoms in total. The second-order valence-corrected chi connectivity index (χ2v) is 11.8. The Balaban J connectivity index is 1.67. The first-order chi connectivity index (χ1) is 17.1. The van der Waals surface area contributed by atoms with Crippen LogP contribution in [0.5, 0.6) is 0 Å². The van der Waals surface area contributed by atoms with E-state index >= 15 is 0 Å². The number of fused-ring (bicyclic) bond motifs is 1. The van der Waals surface area contributed by atoms with Crippen molar-refractivity contribution < 1.29 is 31.8 Å². The molecule has 2 fully saturated rings. The zero-order valence-corrected chi connectivity index (χ0v) is 21.2. The van der Waals surface area contributed by atoms with Crippen molar-refractivity contribution >= 4 is 32.7 Å². The highest BCUT2D eigenvalue weighted by Gasteiger charge is 2.39. The molecule has 0 bridgehead atoms. The number of nitrogens with one attached hydrogen (secondary N) is 1. The minimum Gasteiger partial charge on any atom is -0.394 e. The second kappa shape index (κ2) is 9.54. The van der Waals surface area contributed by atoms with Crippen molar-refractivity contribution in [3.05, 3.63) is 23.5 Å². The highest BCUT2D eigenvalue weighted by molar-refractivity contribution is 7.89. The lowest BCUT2D eigenvalue weighted by Crippen LogP contribution is -2.59. The summed E-state index contributed by atoms with van der Waals surface area (Å²) >= 11 is 0.719. The molecule has 2 N–H and O–H groups in total. The first kappa shape index (κ1) is 25.4. The molecule has 2 aliphatic rings. The third-order valence-electron chi connectivity index (χ3n) is 6.29. The predicted molar refractivity (Wildman–Crippen MR) is 127 cm³/mol. The van der Waals surface area contributed by atoms with Crippen LogP contribution in [0, 0.1) is 0 Å². The fourth-order valence-electron chi connectivity index (χ4n) is 4.34. The Kier molecular flexibility index (Phi) is 6.72. The number of hydrogen-bond donors (Lipinski definition) is 2. The SMILES string of the molecule is CC[C@H]1CO[C@H](CO)CN1c1cc(S(=O)(=O)NC2(C)COC2)cn2c(-c3nnc(C(F)F)s3)cnc12. The number of aliphatic hydroxyl groups excluding tert-OH is 1. The summed E-state index contributed by atoms with van der Waals surface area (Å²) in [6.07, 6.45) is 0.344. The molecule has 0 unspecified atom stereocenters. The summed E-state index contributed by atoms with van der Waals surface area (Å²) in [6, 6.07) is 1.46. The van der Waals surface area contributed by atoms with Gasteiger partial charge < -0.3 is 19.5 Å². The molecule has 0 amide bonds. The van der Waals surface area contributed by atoms with Gasteiger partial charge in [0.2, 0.25) is 10.0 Å². The standard InChI is InChI=1S/C21H26F2N6O5S2/c1-3-12-9-34-13(8-30)6-28(12)15-4-14(36(31,32)27-21(2)10-33-11-21)7-29-16(5-24-18(15)29)19-25-26-20(35-19)17(22)23/h4-5,7,12-13,17,27,30H,3,6,8-11H2,1-2H3/t12-,13-/m0/s1. The normalized spacial score (nSPS) is 22.3. The smallest absolute Gasteiger partial charge is 0.291 e. The molecular formula is C21H26F2N6O5S2. The van der Waals surface area contributed by atoms with Crippen LogP contribution in [0.1, 0.15) is 31.7 Å². The summed E-state index contributed by atoms with van der Waals surface area (Å²) in [6.45, 7) is 4.72. The number of aliphatic hydroxyl groups is 1. The van der Waals surface area contributed by atoms with Crippen molar-refractivity contribution in [2.24, 2.45) is 0 Å². The zero-order valence-electron chi connectivity index (χ0n) is 19.6. The minimum atomic E-state index is -4.00. The largest absolute Gasteiger partial charge is 0.394 e. The Morgan fingerprint density at radius 1 is 1.36 bits per heavy atom. The van der Waals surface area contributed by atoms with Gasteiger partial charge in [0.1, 0.15) is 10.6 Å². The highest BCUT2D eigenvalue weighted by Crippen LogP contribution is 2.35. The maximum Gasteiger partial charge on any atom is 0.291 e. The van der Waals surface area contributed by atoms with Gasteiger partial charge in [-0.25, -0.2) is 26.9 Å². The number of morpholine rings is 1. The Morgan fingerprint density at radius 2 is 2.14 bits per heavy atom. The van der Waals surface area contributed by atoms with Crippen LogP contribution >= 0.6 is 11.3 Å². The van der Waals surface area contributed by atoms with Gasteiger partial charge in [0, 0.05) is 12.7 Å². The van der Waals surface area contributed by atoms with E-state index in [9.17, 15) is 22.3 Å². The van der Waals surface area contributed by atoms with E-state index in [-0.39, 0.29) is 35.8 Å². The summed E-state index contributed by atoms with van der Waals surface area (Å²) in [5, 5.41) is 16.9. The number of alkyl halides is 2. The third kappa shape index (κ3) is 4.59. The molecule has 0 radical (unpaired) electrons. The Morgan fingerprint density at radius 3 is 2.75 bits per heavy atom. The molecule has 3 aromatic rings. The predicted octanol–water partition coefficient (Wildman–Crippen LogP) is 1.83. The van der Waals surface area contributed by atoms with Crippen molar-refractivity contribution in [3.63, 3.8) is 0 Å².